The minimum Gasteiger partial charge on any atom is -0.455 e. The van der Waals surface area contributed by atoms with E-state index in [1.807, 2.05) is 0 Å². The zero-order chi connectivity index (χ0) is 36.5. The van der Waals surface area contributed by atoms with Crippen LogP contribution in [0, 0.1) is 0 Å². The fourth-order valence-electron chi connectivity index (χ4n) is 10.4. The Hall–Kier alpha value is -7.29. The van der Waals surface area contributed by atoms with Crippen LogP contribution in [0.3, 0.4) is 0 Å². The molecule has 0 radical (unpaired) electrons. The molecule has 2 nitrogen and oxygen atoms in total. The normalized spacial score (nSPS) is 13.5. The minimum atomic E-state index is -0.428. The summed E-state index contributed by atoms with van der Waals surface area (Å²) in [6, 6.07) is 68.8. The highest BCUT2D eigenvalue weighted by Gasteiger charge is 2.52. The lowest BCUT2D eigenvalue weighted by atomic mass is 9.70. The fourth-order valence-corrected chi connectivity index (χ4v) is 10.4. The topological polar surface area (TPSA) is 26.0 Å². The van der Waals surface area contributed by atoms with E-state index < -0.39 is 5.41 Å². The first kappa shape index (κ1) is 30.1. The van der Waals surface area contributed by atoms with Crippen LogP contribution in [0.15, 0.2) is 192 Å². The lowest BCUT2D eigenvalue weighted by molar-refractivity contribution is 0.673. The van der Waals surface area contributed by atoms with E-state index in [1.165, 1.54) is 60.7 Å². The van der Waals surface area contributed by atoms with Crippen molar-refractivity contribution in [1.82, 2.24) is 4.98 Å². The molecule has 2 aliphatic rings. The Bertz CT molecular complexity index is 3450. The molecule has 0 saturated carbocycles. The van der Waals surface area contributed by atoms with Gasteiger partial charge in [-0.05, 0) is 96.4 Å². The average Bonchev–Trinajstić information content (AvgIpc) is 3.91. The van der Waals surface area contributed by atoms with E-state index in [0.717, 1.165) is 60.6 Å². The summed E-state index contributed by atoms with van der Waals surface area (Å²) in [6.07, 6.45) is 0. The number of fused-ring (bicyclic) bond motifs is 18. The Morgan fingerprint density at radius 1 is 0.393 bits per heavy atom. The molecule has 258 valence electrons. The summed E-state index contributed by atoms with van der Waals surface area (Å²) < 4.78 is 6.75. The van der Waals surface area contributed by atoms with Crippen LogP contribution in [0.5, 0.6) is 0 Å². The largest absolute Gasteiger partial charge is 0.455 e. The van der Waals surface area contributed by atoms with Gasteiger partial charge in [-0.3, -0.25) is 0 Å². The molecule has 2 heteroatoms. The van der Waals surface area contributed by atoms with Gasteiger partial charge in [0.1, 0.15) is 11.2 Å². The number of pyridine rings is 1. The molecule has 1 spiro atoms. The van der Waals surface area contributed by atoms with Crippen LogP contribution >= 0.6 is 0 Å². The van der Waals surface area contributed by atoms with Crippen molar-refractivity contribution < 1.29 is 4.42 Å². The summed E-state index contributed by atoms with van der Waals surface area (Å²) in [5.74, 6) is 0. The van der Waals surface area contributed by atoms with Gasteiger partial charge >= 0.3 is 0 Å². The minimum absolute atomic E-state index is 0.428. The summed E-state index contributed by atoms with van der Waals surface area (Å²) in [7, 11) is 0. The molecule has 0 amide bonds. The van der Waals surface area contributed by atoms with E-state index in [0.29, 0.717) is 0 Å². The Kier molecular flexibility index (Phi) is 5.86. The standard InChI is InChI=1S/C54H31NO/c1-2-14-34-30-35(25-24-32(34)12-1)52-39-28-29-49-51(42-27-26-33-13-3-4-15-36(33)53(42)56-49)43(39)31-48(55-52)41-19-11-23-47-50(41)40-18-7-10-22-46(40)54(47)44-20-8-5-16-37(44)38-17-6-9-21-45(38)54/h1-31H. The Balaban J connectivity index is 1.16. The van der Waals surface area contributed by atoms with E-state index in [2.05, 4.69) is 188 Å². The van der Waals surface area contributed by atoms with Gasteiger partial charge in [-0.25, -0.2) is 4.98 Å². The maximum Gasteiger partial charge on any atom is 0.143 e. The number of rotatable bonds is 2. The molecule has 2 aromatic heterocycles. The van der Waals surface area contributed by atoms with Crippen molar-refractivity contribution in [2.45, 2.75) is 5.41 Å². The van der Waals surface area contributed by atoms with Crippen LogP contribution in [-0.2, 0) is 5.41 Å². The first-order chi connectivity index (χ1) is 27.8. The first-order valence-corrected chi connectivity index (χ1v) is 19.4. The van der Waals surface area contributed by atoms with E-state index in [4.69, 9.17) is 9.40 Å². The number of furan rings is 1. The monoisotopic (exact) mass is 709 g/mol. The number of hydrogen-bond acceptors (Lipinski definition) is 2. The first-order valence-electron chi connectivity index (χ1n) is 19.4. The molecule has 0 fully saturated rings. The Morgan fingerprint density at radius 2 is 1.00 bits per heavy atom. The summed E-state index contributed by atoms with van der Waals surface area (Å²) in [4.78, 5) is 5.69. The second-order valence-electron chi connectivity index (χ2n) is 15.3. The summed E-state index contributed by atoms with van der Waals surface area (Å²) in [5.41, 5.74) is 16.0. The predicted octanol–water partition coefficient (Wildman–Crippen LogP) is 14.1. The smallest absolute Gasteiger partial charge is 0.143 e. The van der Waals surface area contributed by atoms with Gasteiger partial charge in [-0.2, -0.15) is 0 Å². The summed E-state index contributed by atoms with van der Waals surface area (Å²) >= 11 is 0. The zero-order valence-electron chi connectivity index (χ0n) is 30.3. The van der Waals surface area contributed by atoms with Crippen molar-refractivity contribution in [3.05, 3.63) is 210 Å². The van der Waals surface area contributed by atoms with Gasteiger partial charge in [0.2, 0.25) is 0 Å². The lowest BCUT2D eigenvalue weighted by Gasteiger charge is -2.30. The molecule has 2 aliphatic carbocycles. The fraction of sp³-hybridized carbons (Fsp3) is 0.0185. The predicted molar refractivity (Wildman–Crippen MR) is 231 cm³/mol. The van der Waals surface area contributed by atoms with Gasteiger partial charge < -0.3 is 4.42 Å². The molecular formula is C54H31NO. The van der Waals surface area contributed by atoms with E-state index in [-0.39, 0.29) is 0 Å². The second kappa shape index (κ2) is 10.9. The molecular weight excluding hydrogens is 679 g/mol. The molecule has 9 aromatic carbocycles. The molecule has 13 rings (SSSR count). The Labute approximate surface area is 322 Å². The number of hydrogen-bond donors (Lipinski definition) is 0. The quantitative estimate of drug-likeness (QED) is 0.179. The molecule has 0 atom stereocenters. The number of benzene rings is 9. The van der Waals surface area contributed by atoms with Gasteiger partial charge in [-0.15, -0.1) is 0 Å². The van der Waals surface area contributed by atoms with Crippen LogP contribution in [-0.4, -0.2) is 4.98 Å². The highest BCUT2D eigenvalue weighted by atomic mass is 16.3. The van der Waals surface area contributed by atoms with Crippen molar-refractivity contribution in [3.63, 3.8) is 0 Å². The van der Waals surface area contributed by atoms with Crippen LogP contribution in [0.1, 0.15) is 22.3 Å². The van der Waals surface area contributed by atoms with E-state index in [1.54, 1.807) is 0 Å². The number of nitrogens with zero attached hydrogens (tertiary/aromatic N) is 1. The lowest BCUT2D eigenvalue weighted by Crippen LogP contribution is -2.25. The van der Waals surface area contributed by atoms with E-state index >= 15 is 0 Å². The average molecular weight is 710 g/mol. The second-order valence-corrected chi connectivity index (χ2v) is 15.3. The molecule has 0 unspecified atom stereocenters. The van der Waals surface area contributed by atoms with Crippen LogP contribution in [0.4, 0.5) is 0 Å². The maximum atomic E-state index is 6.75. The van der Waals surface area contributed by atoms with Gasteiger partial charge in [0.15, 0.2) is 0 Å². The molecule has 0 bridgehead atoms. The molecule has 56 heavy (non-hydrogen) atoms. The van der Waals surface area contributed by atoms with Gasteiger partial charge in [0.25, 0.3) is 0 Å². The summed E-state index contributed by atoms with van der Waals surface area (Å²) in [5, 5.41) is 9.19. The highest BCUT2D eigenvalue weighted by Crippen LogP contribution is 2.64. The maximum absolute atomic E-state index is 6.75. The van der Waals surface area contributed by atoms with Gasteiger partial charge in [0, 0.05) is 32.7 Å². The van der Waals surface area contributed by atoms with Crippen LogP contribution in [0.25, 0.3) is 99.0 Å². The van der Waals surface area contributed by atoms with E-state index in [9.17, 15) is 0 Å². The molecule has 2 heterocycles. The van der Waals surface area contributed by atoms with Crippen molar-refractivity contribution in [2.75, 3.05) is 0 Å². The van der Waals surface area contributed by atoms with Crippen molar-refractivity contribution in [3.8, 4) is 44.8 Å². The van der Waals surface area contributed by atoms with Crippen LogP contribution < -0.4 is 0 Å². The SMILES string of the molecule is c1ccc2c(c1)-c1ccccc1C21c2ccccc2-c2c(-c3cc4c(ccc5oc6c7ccccc7ccc6c54)c(-c4ccc5ccccc5c4)n3)cccc21. The third-order valence-corrected chi connectivity index (χ3v) is 12.7. The van der Waals surface area contributed by atoms with Gasteiger partial charge in [0.05, 0.1) is 16.8 Å². The third kappa shape index (κ3) is 3.78. The van der Waals surface area contributed by atoms with Crippen molar-refractivity contribution in [1.29, 1.82) is 0 Å². The molecule has 0 N–H and O–H groups in total. The summed E-state index contributed by atoms with van der Waals surface area (Å²) in [6.45, 7) is 0. The molecule has 0 saturated heterocycles. The molecule has 11 aromatic rings. The highest BCUT2D eigenvalue weighted by molar-refractivity contribution is 6.25. The van der Waals surface area contributed by atoms with Crippen molar-refractivity contribution in [2.24, 2.45) is 0 Å². The molecule has 0 aliphatic heterocycles. The van der Waals surface area contributed by atoms with Gasteiger partial charge in [-0.1, -0.05) is 158 Å². The zero-order valence-corrected chi connectivity index (χ0v) is 30.3. The van der Waals surface area contributed by atoms with Crippen LogP contribution in [0.2, 0.25) is 0 Å². The Morgan fingerprint density at radius 3 is 1.80 bits per heavy atom. The van der Waals surface area contributed by atoms with Crippen molar-refractivity contribution >= 4 is 54.3 Å². The number of aromatic nitrogens is 1. The third-order valence-electron chi connectivity index (χ3n) is 12.7.